The molecule has 0 saturated heterocycles. The average molecular weight is 284 g/mol. The van der Waals surface area contributed by atoms with Crippen LogP contribution in [0.15, 0.2) is 30.6 Å². The fourth-order valence-corrected chi connectivity index (χ4v) is 2.27. The molecule has 0 spiro atoms. The number of aryl methyl sites for hydroxylation is 2. The first-order chi connectivity index (χ1) is 10.3. The maximum absolute atomic E-state index is 12.2. The molecule has 0 aliphatic heterocycles. The molecule has 108 valence electrons. The molecule has 0 unspecified atom stereocenters. The second-order valence-corrected chi connectivity index (χ2v) is 4.78. The van der Waals surface area contributed by atoms with E-state index in [2.05, 4.69) is 25.6 Å². The highest BCUT2D eigenvalue weighted by molar-refractivity contribution is 6.04. The maximum atomic E-state index is 12.2. The summed E-state index contributed by atoms with van der Waals surface area (Å²) in [5.41, 5.74) is 1.41. The molecule has 0 atom stereocenters. The smallest absolute Gasteiger partial charge is 0.272 e. The lowest BCUT2D eigenvalue weighted by atomic mass is 10.2. The van der Waals surface area contributed by atoms with Crippen LogP contribution in [0.2, 0.25) is 0 Å². The van der Waals surface area contributed by atoms with Crippen molar-refractivity contribution in [3.8, 4) is 0 Å². The third-order valence-electron chi connectivity index (χ3n) is 3.31. The number of fused-ring (bicyclic) bond motifs is 1. The van der Waals surface area contributed by atoms with Gasteiger partial charge in [-0.05, 0) is 12.5 Å². The van der Waals surface area contributed by atoms with Crippen LogP contribution < -0.4 is 5.32 Å². The Labute approximate surface area is 121 Å². The normalized spacial score (nSPS) is 10.9. The summed E-state index contributed by atoms with van der Waals surface area (Å²) >= 11 is 0. The molecule has 0 aliphatic carbocycles. The van der Waals surface area contributed by atoms with E-state index in [-0.39, 0.29) is 5.91 Å². The van der Waals surface area contributed by atoms with Gasteiger partial charge in [0.15, 0.2) is 5.69 Å². The van der Waals surface area contributed by atoms with E-state index in [1.807, 2.05) is 31.3 Å². The number of para-hydroxylation sites is 1. The number of hydrogen-bond donors (Lipinski definition) is 2. The summed E-state index contributed by atoms with van der Waals surface area (Å²) in [4.78, 5) is 16.3. The lowest BCUT2D eigenvalue weighted by Crippen LogP contribution is -2.25. The lowest BCUT2D eigenvalue weighted by Gasteiger charge is -2.02. The van der Waals surface area contributed by atoms with Crippen LogP contribution in [0, 0.1) is 0 Å². The Morgan fingerprint density at radius 3 is 3.05 bits per heavy atom. The van der Waals surface area contributed by atoms with Crippen molar-refractivity contribution in [1.82, 2.24) is 30.3 Å². The molecule has 0 saturated carbocycles. The fraction of sp³-hybridized carbons (Fsp3) is 0.286. The number of H-pyrrole nitrogens is 1. The van der Waals surface area contributed by atoms with Crippen LogP contribution in [0.25, 0.3) is 10.9 Å². The average Bonchev–Trinajstić information content (AvgIpc) is 3.12. The third-order valence-corrected chi connectivity index (χ3v) is 3.31. The molecule has 21 heavy (non-hydrogen) atoms. The third kappa shape index (κ3) is 2.76. The van der Waals surface area contributed by atoms with Crippen LogP contribution in [0.4, 0.5) is 0 Å². The van der Waals surface area contributed by atoms with Crippen molar-refractivity contribution in [1.29, 1.82) is 0 Å². The first kappa shape index (κ1) is 13.3. The standard InChI is InChI=1S/C14H16N6O/c1-20-11-6-3-2-5-10(11)13(19-20)14(21)15-8-4-7-12-16-9-17-18-12/h2-3,5-6,9H,4,7-8H2,1H3,(H,15,21)(H,16,17,18). The number of nitrogens with one attached hydrogen (secondary N) is 2. The van der Waals surface area contributed by atoms with Gasteiger partial charge in [0.1, 0.15) is 12.2 Å². The molecular weight excluding hydrogens is 268 g/mol. The molecule has 2 N–H and O–H groups in total. The van der Waals surface area contributed by atoms with Crippen LogP contribution in [-0.2, 0) is 13.5 Å². The van der Waals surface area contributed by atoms with Crippen molar-refractivity contribution in [3.63, 3.8) is 0 Å². The molecule has 0 aliphatic rings. The minimum absolute atomic E-state index is 0.149. The fourth-order valence-electron chi connectivity index (χ4n) is 2.27. The van der Waals surface area contributed by atoms with Crippen LogP contribution in [-0.4, -0.2) is 37.4 Å². The van der Waals surface area contributed by atoms with E-state index in [4.69, 9.17) is 0 Å². The molecule has 2 aromatic heterocycles. The number of hydrogen-bond acceptors (Lipinski definition) is 4. The molecule has 1 amide bonds. The van der Waals surface area contributed by atoms with E-state index < -0.39 is 0 Å². The molecule has 0 radical (unpaired) electrons. The van der Waals surface area contributed by atoms with E-state index in [0.29, 0.717) is 12.2 Å². The number of carbonyl (C=O) groups excluding carboxylic acids is 1. The van der Waals surface area contributed by atoms with Crippen LogP contribution in [0.1, 0.15) is 22.7 Å². The summed E-state index contributed by atoms with van der Waals surface area (Å²) < 4.78 is 1.72. The van der Waals surface area contributed by atoms with Gasteiger partial charge >= 0.3 is 0 Å². The first-order valence-electron chi connectivity index (χ1n) is 6.80. The Kier molecular flexibility index (Phi) is 3.63. The molecule has 7 heteroatoms. The van der Waals surface area contributed by atoms with Crippen molar-refractivity contribution >= 4 is 16.8 Å². The summed E-state index contributed by atoms with van der Waals surface area (Å²) in [7, 11) is 1.84. The minimum Gasteiger partial charge on any atom is -0.351 e. The van der Waals surface area contributed by atoms with E-state index in [0.717, 1.165) is 29.6 Å². The summed E-state index contributed by atoms with van der Waals surface area (Å²) in [6.07, 6.45) is 3.03. The Bertz CT molecular complexity index is 746. The number of aromatic nitrogens is 5. The number of aromatic amines is 1. The summed E-state index contributed by atoms with van der Waals surface area (Å²) in [5.74, 6) is 0.678. The van der Waals surface area contributed by atoms with Crippen LogP contribution in [0.3, 0.4) is 0 Å². The van der Waals surface area contributed by atoms with Crippen molar-refractivity contribution in [2.45, 2.75) is 12.8 Å². The topological polar surface area (TPSA) is 88.5 Å². The van der Waals surface area contributed by atoms with Gasteiger partial charge in [-0.1, -0.05) is 18.2 Å². The van der Waals surface area contributed by atoms with Crippen LogP contribution in [0.5, 0.6) is 0 Å². The second-order valence-electron chi connectivity index (χ2n) is 4.78. The summed E-state index contributed by atoms with van der Waals surface area (Å²) in [6.45, 7) is 0.574. The highest BCUT2D eigenvalue weighted by Gasteiger charge is 2.14. The lowest BCUT2D eigenvalue weighted by molar-refractivity contribution is 0.0949. The van der Waals surface area contributed by atoms with Crippen molar-refractivity contribution in [2.75, 3.05) is 6.54 Å². The van der Waals surface area contributed by atoms with Gasteiger partial charge in [0.25, 0.3) is 5.91 Å². The maximum Gasteiger partial charge on any atom is 0.272 e. The zero-order chi connectivity index (χ0) is 14.7. The monoisotopic (exact) mass is 284 g/mol. The van der Waals surface area contributed by atoms with Gasteiger partial charge in [-0.2, -0.15) is 10.2 Å². The quantitative estimate of drug-likeness (QED) is 0.685. The number of amides is 1. The number of nitrogens with zero attached hydrogens (tertiary/aromatic N) is 4. The van der Waals surface area contributed by atoms with E-state index in [9.17, 15) is 4.79 Å². The number of carbonyl (C=O) groups is 1. The van der Waals surface area contributed by atoms with Crippen molar-refractivity contribution in [2.24, 2.45) is 7.05 Å². The van der Waals surface area contributed by atoms with Gasteiger partial charge in [-0.3, -0.25) is 14.6 Å². The largest absolute Gasteiger partial charge is 0.351 e. The van der Waals surface area contributed by atoms with Gasteiger partial charge < -0.3 is 5.32 Å². The van der Waals surface area contributed by atoms with Crippen molar-refractivity contribution < 1.29 is 4.79 Å². The SMILES string of the molecule is Cn1nc(C(=O)NCCCc2ncn[nH]2)c2ccccc21. The zero-order valence-electron chi connectivity index (χ0n) is 11.7. The van der Waals surface area contributed by atoms with E-state index >= 15 is 0 Å². The Balaban J connectivity index is 1.62. The van der Waals surface area contributed by atoms with Gasteiger partial charge in [0.05, 0.1) is 5.52 Å². The van der Waals surface area contributed by atoms with E-state index in [1.165, 1.54) is 6.33 Å². The highest BCUT2D eigenvalue weighted by atomic mass is 16.1. The highest BCUT2D eigenvalue weighted by Crippen LogP contribution is 2.17. The van der Waals surface area contributed by atoms with Gasteiger partial charge in [-0.15, -0.1) is 0 Å². The molecule has 1 aromatic carbocycles. The summed E-state index contributed by atoms with van der Waals surface area (Å²) in [6, 6.07) is 7.70. The Hall–Kier alpha value is -2.70. The molecule has 0 fully saturated rings. The zero-order valence-corrected chi connectivity index (χ0v) is 11.7. The van der Waals surface area contributed by atoms with Crippen LogP contribution >= 0.6 is 0 Å². The minimum atomic E-state index is -0.149. The van der Waals surface area contributed by atoms with E-state index in [1.54, 1.807) is 4.68 Å². The molecule has 0 bridgehead atoms. The molecule has 3 aromatic rings. The molecule has 3 rings (SSSR count). The number of benzene rings is 1. The van der Waals surface area contributed by atoms with Gasteiger partial charge in [0.2, 0.25) is 0 Å². The summed E-state index contributed by atoms with van der Waals surface area (Å²) in [5, 5.41) is 14.6. The van der Waals surface area contributed by atoms with Gasteiger partial charge in [0, 0.05) is 25.4 Å². The van der Waals surface area contributed by atoms with Gasteiger partial charge in [-0.25, -0.2) is 4.98 Å². The first-order valence-corrected chi connectivity index (χ1v) is 6.80. The predicted octanol–water partition coefficient (Wildman–Crippen LogP) is 1.05. The Morgan fingerprint density at radius 1 is 1.38 bits per heavy atom. The molecule has 7 nitrogen and oxygen atoms in total. The Morgan fingerprint density at radius 2 is 2.24 bits per heavy atom. The predicted molar refractivity (Wildman–Crippen MR) is 77.8 cm³/mol. The second kappa shape index (κ2) is 5.74. The number of rotatable bonds is 5. The molecule has 2 heterocycles. The molecular formula is C14H16N6O. The van der Waals surface area contributed by atoms with Crippen molar-refractivity contribution in [3.05, 3.63) is 42.1 Å².